The molecule has 4 saturated carbocycles. The van der Waals surface area contributed by atoms with E-state index in [1.165, 1.54) is 13.5 Å². The second-order valence-electron chi connectivity index (χ2n) is 14.7. The number of carbonyl (C=O) groups is 1. The van der Waals surface area contributed by atoms with Crippen molar-refractivity contribution in [1.82, 2.24) is 0 Å². The Morgan fingerprint density at radius 3 is 2.33 bits per heavy atom. The lowest BCUT2D eigenvalue weighted by atomic mass is 9.44. The van der Waals surface area contributed by atoms with E-state index in [0.29, 0.717) is 48.2 Å². The van der Waals surface area contributed by atoms with Crippen LogP contribution in [0.2, 0.25) is 39.3 Å². The van der Waals surface area contributed by atoms with Crippen LogP contribution in [0, 0.1) is 34.5 Å². The highest BCUT2D eigenvalue weighted by Gasteiger charge is 2.68. The summed E-state index contributed by atoms with van der Waals surface area (Å²) in [6.07, 6.45) is 7.81. The first-order valence-electron chi connectivity index (χ1n) is 14.2. The summed E-state index contributed by atoms with van der Waals surface area (Å²) < 4.78 is 12.7. The molecule has 206 valence electrons. The van der Waals surface area contributed by atoms with Gasteiger partial charge in [-0.15, -0.1) is 0 Å². The first-order chi connectivity index (χ1) is 16.5. The number of nitrogens with zero attached hydrogens (tertiary/aromatic N) is 1. The third kappa shape index (κ3) is 4.94. The first kappa shape index (κ1) is 28.5. The minimum atomic E-state index is -1.81. The van der Waals surface area contributed by atoms with E-state index in [9.17, 15) is 9.90 Å². The average Bonchev–Trinajstić information content (AvgIpc) is 3.00. The summed E-state index contributed by atoms with van der Waals surface area (Å²) in [5.41, 5.74) is -1.10. The summed E-state index contributed by atoms with van der Waals surface area (Å²) in [5.74, 6) is 1.66. The molecule has 4 aliphatic rings. The van der Waals surface area contributed by atoms with Crippen LogP contribution in [0.3, 0.4) is 0 Å². The van der Waals surface area contributed by atoms with Gasteiger partial charge in [0.25, 0.3) is 0 Å². The maximum atomic E-state index is 14.1. The van der Waals surface area contributed by atoms with Crippen molar-refractivity contribution in [1.29, 1.82) is 0 Å². The van der Waals surface area contributed by atoms with Crippen molar-refractivity contribution in [2.24, 2.45) is 39.7 Å². The highest BCUT2D eigenvalue weighted by molar-refractivity contribution is 6.70. The molecule has 0 spiro atoms. The Kier molecular flexibility index (Phi) is 7.57. The smallest absolute Gasteiger partial charge is 0.184 e. The second-order valence-corrected chi connectivity index (χ2v) is 23.7. The van der Waals surface area contributed by atoms with Crippen molar-refractivity contribution < 1.29 is 23.6 Å². The van der Waals surface area contributed by atoms with Crippen LogP contribution in [0.15, 0.2) is 5.16 Å². The zero-order valence-corrected chi connectivity index (χ0v) is 26.3. The maximum Gasteiger partial charge on any atom is 0.184 e. The quantitative estimate of drug-likeness (QED) is 0.244. The van der Waals surface area contributed by atoms with Gasteiger partial charge in [0.15, 0.2) is 16.6 Å². The Bertz CT molecular complexity index is 882. The SMILES string of the molecule is CO/N=C(\CO[Si](C)(C)C)C1(O)CCC2C3CCC4CC(O[Si](C)(C)C)CCC4(C)C3C(=O)CC21C. The lowest BCUT2D eigenvalue weighted by Crippen LogP contribution is -2.62. The molecule has 0 aliphatic heterocycles. The van der Waals surface area contributed by atoms with Crippen LogP contribution in [0.25, 0.3) is 0 Å². The normalized spacial score (nSPS) is 43.6. The first-order valence-corrected chi connectivity index (χ1v) is 21.0. The van der Waals surface area contributed by atoms with Gasteiger partial charge in [-0.2, -0.15) is 0 Å². The molecule has 4 rings (SSSR count). The van der Waals surface area contributed by atoms with Gasteiger partial charge < -0.3 is 18.8 Å². The second kappa shape index (κ2) is 9.58. The van der Waals surface area contributed by atoms with Crippen LogP contribution in [-0.4, -0.2) is 58.7 Å². The Balaban J connectivity index is 1.59. The van der Waals surface area contributed by atoms with Gasteiger partial charge in [-0.05, 0) is 107 Å². The molecule has 0 radical (unpaired) electrons. The zero-order chi connectivity index (χ0) is 26.7. The molecule has 0 heterocycles. The summed E-state index contributed by atoms with van der Waals surface area (Å²) >= 11 is 0. The number of oxime groups is 1. The van der Waals surface area contributed by atoms with E-state index in [1.54, 1.807) is 0 Å². The number of Topliss-reactive ketones (excluding diaryl/α,β-unsaturated/α-hetero) is 1. The molecule has 8 heteroatoms. The number of fused-ring (bicyclic) bond motifs is 5. The molecule has 0 aromatic carbocycles. The molecule has 0 saturated heterocycles. The molecule has 8 atom stereocenters. The fraction of sp³-hybridized carbons (Fsp3) is 0.929. The fourth-order valence-electron chi connectivity index (χ4n) is 8.74. The molecule has 8 unspecified atom stereocenters. The predicted octanol–water partition coefficient (Wildman–Crippen LogP) is 6.01. The molecule has 0 aromatic rings. The van der Waals surface area contributed by atoms with E-state index in [4.69, 9.17) is 13.7 Å². The number of hydrogen-bond acceptors (Lipinski definition) is 6. The van der Waals surface area contributed by atoms with Gasteiger partial charge in [0, 0.05) is 23.9 Å². The van der Waals surface area contributed by atoms with E-state index in [2.05, 4.69) is 58.3 Å². The number of rotatable bonds is 7. The molecule has 0 bridgehead atoms. The number of hydrogen-bond donors (Lipinski definition) is 1. The summed E-state index contributed by atoms with van der Waals surface area (Å²) in [7, 11) is -1.87. The van der Waals surface area contributed by atoms with E-state index in [1.807, 2.05) is 0 Å². The van der Waals surface area contributed by atoms with Crippen molar-refractivity contribution in [2.45, 2.75) is 116 Å². The third-order valence-corrected chi connectivity index (χ3v) is 12.3. The van der Waals surface area contributed by atoms with Crippen LogP contribution in [0.5, 0.6) is 0 Å². The number of ketones is 1. The van der Waals surface area contributed by atoms with Crippen LogP contribution in [0.1, 0.15) is 65.2 Å². The van der Waals surface area contributed by atoms with Gasteiger partial charge in [-0.3, -0.25) is 4.79 Å². The maximum absolute atomic E-state index is 14.1. The van der Waals surface area contributed by atoms with E-state index < -0.39 is 27.7 Å². The topological polar surface area (TPSA) is 77.3 Å². The molecular formula is C28H51NO5Si2. The summed E-state index contributed by atoms with van der Waals surface area (Å²) in [5, 5.41) is 16.5. The van der Waals surface area contributed by atoms with Gasteiger partial charge in [0.1, 0.15) is 24.2 Å². The fourth-order valence-corrected chi connectivity index (χ4v) is 10.5. The van der Waals surface area contributed by atoms with Crippen molar-refractivity contribution in [2.75, 3.05) is 13.7 Å². The largest absolute Gasteiger partial charge is 0.415 e. The Morgan fingerprint density at radius 2 is 1.72 bits per heavy atom. The predicted molar refractivity (Wildman–Crippen MR) is 149 cm³/mol. The highest BCUT2D eigenvalue weighted by atomic mass is 28.4. The Labute approximate surface area is 221 Å². The molecule has 36 heavy (non-hydrogen) atoms. The number of carbonyl (C=O) groups excluding carboxylic acids is 1. The summed E-state index contributed by atoms with van der Waals surface area (Å²) in [4.78, 5) is 19.3. The summed E-state index contributed by atoms with van der Waals surface area (Å²) in [6, 6.07) is 0. The Morgan fingerprint density at radius 1 is 1.03 bits per heavy atom. The minimum Gasteiger partial charge on any atom is -0.415 e. The van der Waals surface area contributed by atoms with Crippen molar-refractivity contribution >= 4 is 28.1 Å². The third-order valence-electron chi connectivity index (χ3n) is 10.3. The van der Waals surface area contributed by atoms with Gasteiger partial charge >= 0.3 is 0 Å². The van der Waals surface area contributed by atoms with Gasteiger partial charge in [0.05, 0.1) is 6.61 Å². The van der Waals surface area contributed by atoms with Crippen molar-refractivity contribution in [3.05, 3.63) is 0 Å². The monoisotopic (exact) mass is 537 g/mol. The standard InChI is InChI=1S/C28H51NO5Si2/c1-26-14-12-20(34-36(7,8)9)16-19(26)10-11-21-22-13-15-28(31,27(22,2)17-23(30)25(21)26)24(29-32-3)18-33-35(4,5)6/h19-22,25,31H,10-18H2,1-9H3/b29-24+. The molecule has 4 aliphatic carbocycles. The van der Waals surface area contributed by atoms with Gasteiger partial charge in [0.2, 0.25) is 0 Å². The van der Waals surface area contributed by atoms with Crippen molar-refractivity contribution in [3.8, 4) is 0 Å². The molecule has 0 amide bonds. The van der Waals surface area contributed by atoms with Crippen LogP contribution in [-0.2, 0) is 18.5 Å². The highest BCUT2D eigenvalue weighted by Crippen LogP contribution is 2.67. The van der Waals surface area contributed by atoms with Crippen LogP contribution >= 0.6 is 0 Å². The van der Waals surface area contributed by atoms with Gasteiger partial charge in [-0.25, -0.2) is 0 Å². The average molecular weight is 538 g/mol. The molecule has 4 fully saturated rings. The minimum absolute atomic E-state index is 0.0474. The zero-order valence-electron chi connectivity index (χ0n) is 24.3. The lowest BCUT2D eigenvalue weighted by molar-refractivity contribution is -0.167. The number of aliphatic hydroxyl groups is 1. The van der Waals surface area contributed by atoms with E-state index in [0.717, 1.165) is 32.1 Å². The van der Waals surface area contributed by atoms with Crippen molar-refractivity contribution in [3.63, 3.8) is 0 Å². The van der Waals surface area contributed by atoms with E-state index in [-0.39, 0.29) is 17.9 Å². The van der Waals surface area contributed by atoms with Crippen LogP contribution in [0.4, 0.5) is 0 Å². The lowest BCUT2D eigenvalue weighted by Gasteiger charge is -2.61. The summed E-state index contributed by atoms with van der Waals surface area (Å²) in [6.45, 7) is 18.1. The van der Waals surface area contributed by atoms with Crippen LogP contribution < -0.4 is 0 Å². The van der Waals surface area contributed by atoms with Gasteiger partial charge in [-0.1, -0.05) is 19.0 Å². The molecule has 6 nitrogen and oxygen atoms in total. The molecular weight excluding hydrogens is 486 g/mol. The Hall–Kier alpha value is -0.546. The van der Waals surface area contributed by atoms with E-state index >= 15 is 0 Å². The molecule has 1 N–H and O–H groups in total. The molecule has 0 aromatic heterocycles.